The van der Waals surface area contributed by atoms with Crippen LogP contribution in [-0.4, -0.2) is 19.6 Å². The van der Waals surface area contributed by atoms with Gasteiger partial charge in [0.2, 0.25) is 0 Å². The van der Waals surface area contributed by atoms with Gasteiger partial charge < -0.3 is 19.3 Å². The largest absolute Gasteiger partial charge is 0.456 e. The molecular weight excluding hydrogens is 544 g/mol. The fourth-order valence-corrected chi connectivity index (χ4v) is 6.16. The molecule has 1 fully saturated rings. The number of carbonyl (C=O) groups excluding carboxylic acids is 1. The summed E-state index contributed by atoms with van der Waals surface area (Å²) >= 11 is 0. The Morgan fingerprint density at radius 3 is 2.11 bits per heavy atom. The molecule has 2 aliphatic heterocycles. The summed E-state index contributed by atoms with van der Waals surface area (Å²) < 4.78 is 13.1. The highest BCUT2D eigenvalue weighted by atomic mass is 16.6. The van der Waals surface area contributed by atoms with Crippen molar-refractivity contribution in [3.05, 3.63) is 155 Å². The van der Waals surface area contributed by atoms with Gasteiger partial charge >= 0.3 is 5.97 Å². The van der Waals surface area contributed by atoms with Crippen molar-refractivity contribution in [1.29, 1.82) is 0 Å². The summed E-state index contributed by atoms with van der Waals surface area (Å²) in [6.07, 6.45) is 5.83. The summed E-state index contributed by atoms with van der Waals surface area (Å²) in [5, 5.41) is 0. The van der Waals surface area contributed by atoms with E-state index in [9.17, 15) is 4.79 Å². The molecule has 5 heteroatoms. The van der Waals surface area contributed by atoms with Crippen LogP contribution in [-0.2, 0) is 28.2 Å². The predicted octanol–water partition coefficient (Wildman–Crippen LogP) is 8.62. The van der Waals surface area contributed by atoms with Gasteiger partial charge in [0.25, 0.3) is 0 Å². The van der Waals surface area contributed by atoms with E-state index in [0.29, 0.717) is 30.2 Å². The van der Waals surface area contributed by atoms with Crippen LogP contribution in [0.4, 0.5) is 11.4 Å². The zero-order chi connectivity index (χ0) is 30.8. The molecule has 4 aromatic rings. The number of fused-ring (bicyclic) bond motifs is 4. The molecule has 1 unspecified atom stereocenters. The monoisotopic (exact) mass is 582 g/mol. The van der Waals surface area contributed by atoms with Crippen LogP contribution in [0, 0.1) is 6.92 Å². The Balaban J connectivity index is 1.57. The maximum absolute atomic E-state index is 13.4. The van der Waals surface area contributed by atoms with E-state index in [1.807, 2.05) is 56.5 Å². The van der Waals surface area contributed by atoms with Crippen LogP contribution < -0.4 is 14.5 Å². The molecule has 0 saturated carbocycles. The zero-order valence-electron chi connectivity index (χ0n) is 25.8. The molecule has 2 aliphatic rings. The first-order valence-electron chi connectivity index (χ1n) is 15.1. The van der Waals surface area contributed by atoms with E-state index in [1.165, 1.54) is 11.1 Å². The summed E-state index contributed by atoms with van der Waals surface area (Å²) in [6.45, 7) is 12.6. The number of hydrogen-bond donors (Lipinski definition) is 0. The minimum atomic E-state index is -1.20. The Hall–Kier alpha value is -5.03. The maximum atomic E-state index is 13.4. The fraction of sp³-hybridized carbons (Fsp3) is 0.205. The number of hydrogen-bond acceptors (Lipinski definition) is 5. The van der Waals surface area contributed by atoms with Crippen LogP contribution in [0.15, 0.2) is 127 Å². The van der Waals surface area contributed by atoms with Gasteiger partial charge in [-0.15, -0.1) is 0 Å². The molecular formula is C39H38N2O3. The second-order valence-electron chi connectivity index (χ2n) is 11.4. The lowest BCUT2D eigenvalue weighted by molar-refractivity contribution is -0.143. The van der Waals surface area contributed by atoms with Crippen LogP contribution in [0.2, 0.25) is 0 Å². The first kappa shape index (κ1) is 29.1. The lowest BCUT2D eigenvalue weighted by Gasteiger charge is -2.38. The number of nitrogens with zero attached hydrogens (tertiary/aromatic N) is 2. The zero-order valence-corrected chi connectivity index (χ0v) is 25.8. The lowest BCUT2D eigenvalue weighted by atomic mass is 9.76. The van der Waals surface area contributed by atoms with Crippen molar-refractivity contribution >= 4 is 17.3 Å². The van der Waals surface area contributed by atoms with Crippen LogP contribution in [0.25, 0.3) is 0 Å². The van der Waals surface area contributed by atoms with Crippen LogP contribution in [0.3, 0.4) is 0 Å². The number of aryl methyl sites for hydroxylation is 1. The van der Waals surface area contributed by atoms with Gasteiger partial charge in [0.15, 0.2) is 5.60 Å². The Labute approximate surface area is 260 Å². The molecule has 4 aromatic carbocycles. The molecule has 222 valence electrons. The molecule has 0 aliphatic carbocycles. The topological polar surface area (TPSA) is 42.0 Å². The van der Waals surface area contributed by atoms with E-state index < -0.39 is 11.6 Å². The van der Waals surface area contributed by atoms with Gasteiger partial charge in [0, 0.05) is 60.8 Å². The third-order valence-corrected chi connectivity index (χ3v) is 8.58. The van der Waals surface area contributed by atoms with Crippen molar-refractivity contribution in [1.82, 2.24) is 0 Å². The van der Waals surface area contributed by atoms with Gasteiger partial charge in [-0.05, 0) is 61.7 Å². The number of anilines is 2. The lowest BCUT2D eigenvalue weighted by Crippen LogP contribution is -2.34. The Bertz CT molecular complexity index is 1730. The second kappa shape index (κ2) is 11.9. The van der Waals surface area contributed by atoms with E-state index in [0.717, 1.165) is 40.2 Å². The number of allylic oxidation sites excluding steroid dienone is 3. The summed E-state index contributed by atoms with van der Waals surface area (Å²) in [7, 11) is 2.05. The van der Waals surface area contributed by atoms with Crippen molar-refractivity contribution < 1.29 is 14.3 Å². The van der Waals surface area contributed by atoms with E-state index >= 15 is 0 Å². The average Bonchev–Trinajstić information content (AvgIpc) is 3.29. The Morgan fingerprint density at radius 1 is 0.864 bits per heavy atom. The second-order valence-corrected chi connectivity index (χ2v) is 11.4. The number of rotatable bonds is 8. The van der Waals surface area contributed by atoms with E-state index in [4.69, 9.17) is 9.47 Å². The van der Waals surface area contributed by atoms with Crippen molar-refractivity contribution in [2.75, 3.05) is 23.4 Å². The molecule has 5 nitrogen and oxygen atoms in total. The van der Waals surface area contributed by atoms with Crippen molar-refractivity contribution in [2.24, 2.45) is 0 Å². The minimum absolute atomic E-state index is 0.351. The number of benzene rings is 4. The molecule has 1 saturated heterocycles. The summed E-state index contributed by atoms with van der Waals surface area (Å²) in [4.78, 5) is 17.9. The van der Waals surface area contributed by atoms with Crippen LogP contribution in [0.5, 0.6) is 11.5 Å². The van der Waals surface area contributed by atoms with Crippen molar-refractivity contribution in [2.45, 2.75) is 39.5 Å². The Kier molecular flexibility index (Phi) is 7.88. The van der Waals surface area contributed by atoms with Gasteiger partial charge in [0.05, 0.1) is 5.57 Å². The third-order valence-electron chi connectivity index (χ3n) is 8.58. The van der Waals surface area contributed by atoms with Crippen LogP contribution >= 0.6 is 0 Å². The number of carbonyl (C=O) groups is 1. The summed E-state index contributed by atoms with van der Waals surface area (Å²) in [5.74, 6) is 0.909. The van der Waals surface area contributed by atoms with E-state index in [1.54, 1.807) is 0 Å². The quantitative estimate of drug-likeness (QED) is 0.154. The highest BCUT2D eigenvalue weighted by Crippen LogP contribution is 2.58. The van der Waals surface area contributed by atoms with Gasteiger partial charge in [0.1, 0.15) is 11.5 Å². The molecule has 0 radical (unpaired) electrons. The van der Waals surface area contributed by atoms with Crippen molar-refractivity contribution in [3.8, 4) is 11.5 Å². The first-order chi connectivity index (χ1) is 21.3. The van der Waals surface area contributed by atoms with E-state index in [-0.39, 0.29) is 0 Å². The molecule has 1 atom stereocenters. The molecule has 0 aromatic heterocycles. The van der Waals surface area contributed by atoms with Gasteiger partial charge in [-0.25, -0.2) is 4.79 Å². The van der Waals surface area contributed by atoms with Gasteiger partial charge in [-0.3, -0.25) is 0 Å². The standard InChI is InChI=1S/C39H38N2O3/c1-6-8-19-32-28(4)38(42)44-39(32)33-21-20-31(40(5)7-2)23-37(33)43-36-22-27(3)35(24-34(36)39)41(25-29-15-11-9-12-16-29)26-30-17-13-10-14-18-30/h6,8-24H,4,7,25-26H2,1-3,5H3. The molecule has 0 bridgehead atoms. The number of ether oxygens (including phenoxy) is 2. The molecule has 0 amide bonds. The molecule has 44 heavy (non-hydrogen) atoms. The van der Waals surface area contributed by atoms with Gasteiger partial charge in [-0.1, -0.05) is 85.5 Å². The highest BCUT2D eigenvalue weighted by Gasteiger charge is 2.55. The van der Waals surface area contributed by atoms with Crippen LogP contribution in [0.1, 0.15) is 41.7 Å². The smallest absolute Gasteiger partial charge is 0.339 e. The fourth-order valence-electron chi connectivity index (χ4n) is 6.16. The van der Waals surface area contributed by atoms with E-state index in [2.05, 4.69) is 97.0 Å². The predicted molar refractivity (Wildman–Crippen MR) is 178 cm³/mol. The Morgan fingerprint density at radius 2 is 1.50 bits per heavy atom. The summed E-state index contributed by atoms with van der Waals surface area (Å²) in [5.41, 5.74) is 6.99. The number of esters is 1. The molecule has 6 rings (SSSR count). The highest BCUT2D eigenvalue weighted by molar-refractivity contribution is 5.99. The molecule has 1 spiro atoms. The molecule has 0 N–H and O–H groups in total. The van der Waals surface area contributed by atoms with Gasteiger partial charge in [-0.2, -0.15) is 0 Å². The summed E-state index contributed by atoms with van der Waals surface area (Å²) in [6, 6.07) is 31.3. The molecule has 2 heterocycles. The average molecular weight is 583 g/mol. The third kappa shape index (κ3) is 5.09. The minimum Gasteiger partial charge on any atom is -0.456 e. The SMILES string of the molecule is C=C1C(=O)OC2(C1=CC=CC)c1ccc(N(C)CC)cc1Oc1cc(C)c(N(Cc3ccccc3)Cc3ccccc3)cc12. The first-order valence-corrected chi connectivity index (χ1v) is 15.1. The van der Waals surface area contributed by atoms with Crippen molar-refractivity contribution in [3.63, 3.8) is 0 Å². The normalized spacial score (nSPS) is 17.9. The maximum Gasteiger partial charge on any atom is 0.339 e.